The summed E-state index contributed by atoms with van der Waals surface area (Å²) in [6.07, 6.45) is -5.93. The molecule has 0 aromatic heterocycles. The smallest absolute Gasteiger partial charge is 0.331 e. The minimum absolute atomic E-state index is 0.488. The van der Waals surface area contributed by atoms with E-state index in [1.165, 1.54) is 0 Å². The summed E-state index contributed by atoms with van der Waals surface area (Å²) in [5, 5.41) is 53.7. The van der Waals surface area contributed by atoms with E-state index in [0.717, 1.165) is 0 Å². The van der Waals surface area contributed by atoms with Crippen LogP contribution in [0.4, 0.5) is 0 Å². The predicted molar refractivity (Wildman–Crippen MR) is 58.8 cm³/mol. The van der Waals surface area contributed by atoms with Gasteiger partial charge < -0.3 is 35.4 Å². The van der Waals surface area contributed by atoms with Crippen molar-refractivity contribution >= 4 is 11.9 Å². The second-order valence-electron chi connectivity index (χ2n) is 3.56. The van der Waals surface area contributed by atoms with Gasteiger partial charge in [-0.1, -0.05) is 0 Å². The number of ether oxygens (including phenoxy) is 1. The van der Waals surface area contributed by atoms with Crippen LogP contribution in [-0.2, 0) is 14.3 Å². The van der Waals surface area contributed by atoms with Crippen molar-refractivity contribution in [2.24, 2.45) is 0 Å². The number of carbonyl (C=O) groups is 2. The van der Waals surface area contributed by atoms with Gasteiger partial charge in [0.2, 0.25) is 0 Å². The number of hydrogen-bond acceptors (Lipinski definition) is 8. The fraction of sp³-hybridized carbons (Fsp3) is 0.600. The van der Waals surface area contributed by atoms with Crippen molar-refractivity contribution in [3.05, 3.63) is 12.2 Å². The number of aliphatic hydroxyl groups is 5. The van der Waals surface area contributed by atoms with E-state index in [0.29, 0.717) is 12.2 Å². The Kier molecular flexibility index (Phi) is 7.87. The lowest BCUT2D eigenvalue weighted by atomic mass is 10.0. The largest absolute Gasteiger partial charge is 0.478 e. The van der Waals surface area contributed by atoms with Crippen molar-refractivity contribution in [3.8, 4) is 0 Å². The number of carboxylic acids is 1. The number of hydrogen-bond donors (Lipinski definition) is 6. The van der Waals surface area contributed by atoms with Crippen molar-refractivity contribution < 1.29 is 45.0 Å². The highest BCUT2D eigenvalue weighted by Crippen LogP contribution is 2.08. The van der Waals surface area contributed by atoms with Crippen molar-refractivity contribution in [3.63, 3.8) is 0 Å². The van der Waals surface area contributed by atoms with Crippen molar-refractivity contribution in [2.45, 2.75) is 24.4 Å². The van der Waals surface area contributed by atoms with Crippen LogP contribution < -0.4 is 0 Å². The summed E-state index contributed by atoms with van der Waals surface area (Å²) >= 11 is 0. The second kappa shape index (κ2) is 8.56. The van der Waals surface area contributed by atoms with E-state index >= 15 is 0 Å². The maximum Gasteiger partial charge on any atom is 0.331 e. The highest BCUT2D eigenvalue weighted by atomic mass is 16.6. The second-order valence-corrected chi connectivity index (χ2v) is 3.56. The summed E-state index contributed by atoms with van der Waals surface area (Å²) in [6, 6.07) is 0. The van der Waals surface area contributed by atoms with E-state index in [1.807, 2.05) is 0 Å². The molecule has 9 nitrogen and oxygen atoms in total. The van der Waals surface area contributed by atoms with Gasteiger partial charge in [-0.05, 0) is 0 Å². The molecule has 0 aromatic carbocycles. The molecule has 0 bridgehead atoms. The van der Waals surface area contributed by atoms with E-state index in [9.17, 15) is 19.8 Å². The molecule has 19 heavy (non-hydrogen) atoms. The van der Waals surface area contributed by atoms with Crippen LogP contribution in [0.1, 0.15) is 0 Å². The third kappa shape index (κ3) is 6.27. The SMILES string of the molecule is O=C(O)/C=C\C(=O)O[C@@H](CO)[C@@H](O)[C@H](O)[C@H](O)CO. The van der Waals surface area contributed by atoms with Gasteiger partial charge in [-0.3, -0.25) is 0 Å². The summed E-state index contributed by atoms with van der Waals surface area (Å²) < 4.78 is 4.49. The molecule has 6 N–H and O–H groups in total. The molecule has 0 unspecified atom stereocenters. The van der Waals surface area contributed by atoms with Crippen LogP contribution in [0.2, 0.25) is 0 Å². The lowest BCUT2D eigenvalue weighted by Gasteiger charge is -2.27. The Labute approximate surface area is 108 Å². The minimum Gasteiger partial charge on any atom is -0.478 e. The number of carbonyl (C=O) groups excluding carboxylic acids is 1. The molecule has 0 saturated carbocycles. The fourth-order valence-electron chi connectivity index (χ4n) is 1.10. The third-order valence-corrected chi connectivity index (χ3v) is 2.12. The van der Waals surface area contributed by atoms with E-state index in [2.05, 4.69) is 4.74 Å². The zero-order valence-electron chi connectivity index (χ0n) is 9.79. The quantitative estimate of drug-likeness (QED) is 0.196. The summed E-state index contributed by atoms with van der Waals surface area (Å²) in [6.45, 7) is -1.72. The number of esters is 1. The molecule has 4 atom stereocenters. The van der Waals surface area contributed by atoms with Gasteiger partial charge in [-0.15, -0.1) is 0 Å². The van der Waals surface area contributed by atoms with Crippen LogP contribution in [0.15, 0.2) is 12.2 Å². The average molecular weight is 280 g/mol. The van der Waals surface area contributed by atoms with Gasteiger partial charge in [0, 0.05) is 12.2 Å². The molecule has 0 heterocycles. The lowest BCUT2D eigenvalue weighted by Crippen LogP contribution is -2.48. The molecule has 0 rings (SSSR count). The van der Waals surface area contributed by atoms with Gasteiger partial charge in [0.25, 0.3) is 0 Å². The Morgan fingerprint density at radius 2 is 1.58 bits per heavy atom. The molecule has 0 fully saturated rings. The molecule has 0 aliphatic rings. The van der Waals surface area contributed by atoms with E-state index in [-0.39, 0.29) is 0 Å². The molecule has 110 valence electrons. The minimum atomic E-state index is -1.85. The Morgan fingerprint density at radius 1 is 1.00 bits per heavy atom. The van der Waals surface area contributed by atoms with Crippen LogP contribution in [-0.4, -0.2) is 80.2 Å². The maximum atomic E-state index is 11.1. The molecule has 0 aromatic rings. The maximum absolute atomic E-state index is 11.1. The molecular formula is C10H16O9. The summed E-state index contributed by atoms with van der Waals surface area (Å²) in [5.74, 6) is -2.56. The van der Waals surface area contributed by atoms with E-state index in [4.69, 9.17) is 20.4 Å². The van der Waals surface area contributed by atoms with Crippen LogP contribution in [0.25, 0.3) is 0 Å². The Morgan fingerprint density at radius 3 is 2.00 bits per heavy atom. The molecule has 0 radical (unpaired) electrons. The van der Waals surface area contributed by atoms with Gasteiger partial charge in [-0.2, -0.15) is 0 Å². The normalized spacial score (nSPS) is 17.7. The lowest BCUT2D eigenvalue weighted by molar-refractivity contribution is -0.166. The van der Waals surface area contributed by atoms with E-state index in [1.54, 1.807) is 0 Å². The van der Waals surface area contributed by atoms with Crippen LogP contribution in [0.5, 0.6) is 0 Å². The third-order valence-electron chi connectivity index (χ3n) is 2.12. The first-order chi connectivity index (χ1) is 8.83. The van der Waals surface area contributed by atoms with Crippen LogP contribution in [0, 0.1) is 0 Å². The molecule has 0 aliphatic carbocycles. The fourth-order valence-corrected chi connectivity index (χ4v) is 1.10. The van der Waals surface area contributed by atoms with Crippen molar-refractivity contribution in [2.75, 3.05) is 13.2 Å². The molecule has 0 amide bonds. The predicted octanol–water partition coefficient (Wildman–Crippen LogP) is -3.39. The Balaban J connectivity index is 4.57. The number of carboxylic acid groups (broad SMARTS) is 1. The highest BCUT2D eigenvalue weighted by Gasteiger charge is 2.32. The van der Waals surface area contributed by atoms with Gasteiger partial charge in [0.05, 0.1) is 13.2 Å². The van der Waals surface area contributed by atoms with Crippen molar-refractivity contribution in [1.82, 2.24) is 0 Å². The van der Waals surface area contributed by atoms with Gasteiger partial charge in [0.1, 0.15) is 18.3 Å². The molecule has 0 aliphatic heterocycles. The molecule has 9 heteroatoms. The highest BCUT2D eigenvalue weighted by molar-refractivity contribution is 5.90. The summed E-state index contributed by atoms with van der Waals surface area (Å²) in [5.41, 5.74) is 0. The first kappa shape index (κ1) is 17.5. The zero-order valence-corrected chi connectivity index (χ0v) is 9.79. The zero-order chi connectivity index (χ0) is 15.0. The van der Waals surface area contributed by atoms with Crippen LogP contribution >= 0.6 is 0 Å². The summed E-state index contributed by atoms with van der Waals surface area (Å²) in [7, 11) is 0. The first-order valence-corrected chi connectivity index (χ1v) is 5.21. The van der Waals surface area contributed by atoms with Gasteiger partial charge in [0.15, 0.2) is 6.10 Å². The van der Waals surface area contributed by atoms with Gasteiger partial charge >= 0.3 is 11.9 Å². The van der Waals surface area contributed by atoms with E-state index < -0.39 is 49.6 Å². The Bertz CT molecular complexity index is 327. The summed E-state index contributed by atoms with van der Waals surface area (Å²) in [4.78, 5) is 21.2. The number of aliphatic carboxylic acids is 1. The molecule has 0 spiro atoms. The monoisotopic (exact) mass is 280 g/mol. The van der Waals surface area contributed by atoms with Gasteiger partial charge in [-0.25, -0.2) is 9.59 Å². The van der Waals surface area contributed by atoms with Crippen LogP contribution in [0.3, 0.4) is 0 Å². The molecule has 0 saturated heterocycles. The molecular weight excluding hydrogens is 264 g/mol. The Hall–Kier alpha value is -1.52. The topological polar surface area (TPSA) is 165 Å². The number of aliphatic hydroxyl groups excluding tert-OH is 5. The first-order valence-electron chi connectivity index (χ1n) is 5.21. The number of rotatable bonds is 8. The van der Waals surface area contributed by atoms with Crippen molar-refractivity contribution in [1.29, 1.82) is 0 Å². The standard InChI is InChI=1S/C10H16O9/c11-3-5(13)9(17)10(18)6(4-12)19-8(16)2-1-7(14)15/h1-2,5-6,9-13,17-18H,3-4H2,(H,14,15)/b2-1-/t5-,6+,9-,10-/m1/s1. The average Bonchev–Trinajstić information content (AvgIpc) is 2.39.